The van der Waals surface area contributed by atoms with Gasteiger partial charge >= 0.3 is 0 Å². The Morgan fingerprint density at radius 2 is 1.56 bits per heavy atom. The third-order valence-electron chi connectivity index (χ3n) is 3.75. The monoisotopic (exact) mass is 228 g/mol. The van der Waals surface area contributed by atoms with E-state index < -0.39 is 0 Å². The van der Waals surface area contributed by atoms with E-state index in [2.05, 4.69) is 34.6 Å². The summed E-state index contributed by atoms with van der Waals surface area (Å²) in [6.07, 6.45) is 0.630. The molecule has 0 heterocycles. The lowest BCUT2D eigenvalue weighted by atomic mass is 9.63. The van der Waals surface area contributed by atoms with E-state index in [1.807, 2.05) is 20.8 Å². The fourth-order valence-corrected chi connectivity index (χ4v) is 1.99. The van der Waals surface area contributed by atoms with E-state index in [9.17, 15) is 4.79 Å². The molecule has 0 saturated carbocycles. The van der Waals surface area contributed by atoms with Gasteiger partial charge in [-0.25, -0.2) is 0 Å². The van der Waals surface area contributed by atoms with Crippen molar-refractivity contribution in [2.24, 2.45) is 10.8 Å². The Labute approximate surface area is 101 Å². The molecule has 0 aliphatic rings. The van der Waals surface area contributed by atoms with Crippen LogP contribution < -0.4 is 0 Å². The van der Waals surface area contributed by atoms with E-state index >= 15 is 0 Å². The van der Waals surface area contributed by atoms with Crippen molar-refractivity contribution in [1.29, 1.82) is 0 Å². The number of carbonyl (C=O) groups is 1. The van der Waals surface area contributed by atoms with Crippen molar-refractivity contribution < 1.29 is 9.53 Å². The Hall–Kier alpha value is -0.370. The van der Waals surface area contributed by atoms with Crippen LogP contribution in [0.3, 0.4) is 0 Å². The van der Waals surface area contributed by atoms with Crippen LogP contribution in [-0.4, -0.2) is 18.0 Å². The minimum Gasteiger partial charge on any atom is -0.368 e. The van der Waals surface area contributed by atoms with Crippen LogP contribution in [0.25, 0.3) is 0 Å². The smallest absolute Gasteiger partial charge is 0.167 e. The molecule has 0 aliphatic heterocycles. The van der Waals surface area contributed by atoms with Gasteiger partial charge in [-0.2, -0.15) is 0 Å². The van der Waals surface area contributed by atoms with Crippen molar-refractivity contribution in [1.82, 2.24) is 0 Å². The van der Waals surface area contributed by atoms with E-state index in [-0.39, 0.29) is 28.8 Å². The van der Waals surface area contributed by atoms with Gasteiger partial charge in [0.15, 0.2) is 5.78 Å². The molecular weight excluding hydrogens is 200 g/mol. The van der Waals surface area contributed by atoms with Gasteiger partial charge in [0.05, 0.1) is 6.10 Å². The molecular formula is C14H28O2. The first kappa shape index (κ1) is 15.6. The maximum atomic E-state index is 12.5. The van der Waals surface area contributed by atoms with Gasteiger partial charge in [0.25, 0.3) is 0 Å². The first-order valence-corrected chi connectivity index (χ1v) is 6.26. The molecule has 0 aromatic heterocycles. The Morgan fingerprint density at radius 3 is 1.81 bits per heavy atom. The van der Waals surface area contributed by atoms with E-state index in [1.54, 1.807) is 0 Å². The van der Waals surface area contributed by atoms with Crippen LogP contribution in [-0.2, 0) is 9.53 Å². The van der Waals surface area contributed by atoms with E-state index in [4.69, 9.17) is 4.74 Å². The third kappa shape index (κ3) is 3.31. The maximum absolute atomic E-state index is 12.5. The summed E-state index contributed by atoms with van der Waals surface area (Å²) in [6, 6.07) is 0. The van der Waals surface area contributed by atoms with Crippen molar-refractivity contribution in [2.45, 2.75) is 74.0 Å². The summed E-state index contributed by atoms with van der Waals surface area (Å²) < 4.78 is 5.61. The Kier molecular flexibility index (Phi) is 5.18. The van der Waals surface area contributed by atoms with Gasteiger partial charge in [0, 0.05) is 5.41 Å². The van der Waals surface area contributed by atoms with E-state index in [0.29, 0.717) is 0 Å². The molecule has 0 saturated heterocycles. The van der Waals surface area contributed by atoms with Gasteiger partial charge < -0.3 is 4.74 Å². The van der Waals surface area contributed by atoms with Gasteiger partial charge in [-0.05, 0) is 32.6 Å². The molecule has 0 aromatic carbocycles. The lowest BCUT2D eigenvalue weighted by molar-refractivity contribution is -0.148. The SMILES string of the molecule is CCC(C)(C(=O)C(C)OC(C)C)C(C)(C)C. The second-order valence-corrected chi connectivity index (χ2v) is 6.13. The predicted octanol–water partition coefficient (Wildman–Crippen LogP) is 3.83. The molecule has 0 bridgehead atoms. The van der Waals surface area contributed by atoms with E-state index in [0.717, 1.165) is 6.42 Å². The molecule has 0 amide bonds. The molecule has 0 fully saturated rings. The summed E-state index contributed by atoms with van der Waals surface area (Å²) in [5.41, 5.74) is -0.352. The van der Waals surface area contributed by atoms with Crippen LogP contribution >= 0.6 is 0 Å². The zero-order chi connectivity index (χ0) is 13.1. The second-order valence-electron chi connectivity index (χ2n) is 6.13. The average molecular weight is 228 g/mol. The van der Waals surface area contributed by atoms with Crippen LogP contribution in [0, 0.1) is 10.8 Å². The van der Waals surface area contributed by atoms with Crippen LogP contribution in [0.2, 0.25) is 0 Å². The van der Waals surface area contributed by atoms with Gasteiger partial charge in [-0.3, -0.25) is 4.79 Å². The first-order valence-electron chi connectivity index (χ1n) is 6.26. The molecule has 0 radical (unpaired) electrons. The zero-order valence-electron chi connectivity index (χ0n) is 12.2. The standard InChI is InChI=1S/C14H28O2/c1-9-14(8,13(5,6)7)12(15)11(4)16-10(2)3/h10-11H,9H2,1-8H3. The van der Waals surface area contributed by atoms with Crippen molar-refractivity contribution in [3.8, 4) is 0 Å². The van der Waals surface area contributed by atoms with Crippen molar-refractivity contribution >= 4 is 5.78 Å². The fourth-order valence-electron chi connectivity index (χ4n) is 1.99. The topological polar surface area (TPSA) is 26.3 Å². The molecule has 96 valence electrons. The molecule has 2 atom stereocenters. The molecule has 16 heavy (non-hydrogen) atoms. The number of Topliss-reactive ketones (excluding diaryl/α,β-unsaturated/α-hetero) is 1. The maximum Gasteiger partial charge on any atom is 0.167 e. The molecule has 0 N–H and O–H groups in total. The first-order chi connectivity index (χ1) is 7.06. The van der Waals surface area contributed by atoms with Crippen LogP contribution in [0.15, 0.2) is 0 Å². The summed E-state index contributed by atoms with van der Waals surface area (Å²) in [5.74, 6) is 0.219. The van der Waals surface area contributed by atoms with E-state index in [1.165, 1.54) is 0 Å². The summed E-state index contributed by atoms with van der Waals surface area (Å²) in [4.78, 5) is 12.5. The van der Waals surface area contributed by atoms with Crippen LogP contribution in [0.5, 0.6) is 0 Å². The normalized spacial score (nSPS) is 18.3. The zero-order valence-corrected chi connectivity index (χ0v) is 12.2. The second kappa shape index (κ2) is 5.31. The fraction of sp³-hybridized carbons (Fsp3) is 0.929. The Morgan fingerprint density at radius 1 is 1.12 bits per heavy atom. The summed E-state index contributed by atoms with van der Waals surface area (Å²) >= 11 is 0. The number of hydrogen-bond acceptors (Lipinski definition) is 2. The summed E-state index contributed by atoms with van der Waals surface area (Å²) in [7, 11) is 0. The highest BCUT2D eigenvalue weighted by molar-refractivity contribution is 5.89. The molecule has 2 heteroatoms. The van der Waals surface area contributed by atoms with Crippen LogP contribution in [0.4, 0.5) is 0 Å². The lowest BCUT2D eigenvalue weighted by Crippen LogP contribution is -2.45. The van der Waals surface area contributed by atoms with Crippen LogP contribution in [0.1, 0.15) is 61.8 Å². The Bertz CT molecular complexity index is 238. The largest absolute Gasteiger partial charge is 0.368 e. The van der Waals surface area contributed by atoms with Gasteiger partial charge in [0.2, 0.25) is 0 Å². The van der Waals surface area contributed by atoms with Crippen molar-refractivity contribution in [3.63, 3.8) is 0 Å². The number of hydrogen-bond donors (Lipinski definition) is 0. The molecule has 2 nitrogen and oxygen atoms in total. The minimum absolute atomic E-state index is 0.0343. The van der Waals surface area contributed by atoms with Crippen molar-refractivity contribution in [2.75, 3.05) is 0 Å². The number of ketones is 1. The summed E-state index contributed by atoms with van der Waals surface area (Å²) in [5, 5.41) is 0. The number of rotatable bonds is 5. The van der Waals surface area contributed by atoms with Gasteiger partial charge in [0.1, 0.15) is 6.10 Å². The third-order valence-corrected chi connectivity index (χ3v) is 3.75. The molecule has 2 unspecified atom stereocenters. The minimum atomic E-state index is -0.318. The average Bonchev–Trinajstić information content (AvgIpc) is 2.12. The molecule has 0 aliphatic carbocycles. The van der Waals surface area contributed by atoms with Gasteiger partial charge in [-0.15, -0.1) is 0 Å². The summed E-state index contributed by atoms with van der Waals surface area (Å²) in [6.45, 7) is 16.3. The Balaban J connectivity index is 4.92. The molecule has 0 spiro atoms. The van der Waals surface area contributed by atoms with Crippen molar-refractivity contribution in [3.05, 3.63) is 0 Å². The highest BCUT2D eigenvalue weighted by Crippen LogP contribution is 2.43. The van der Waals surface area contributed by atoms with Gasteiger partial charge in [-0.1, -0.05) is 34.6 Å². The number of ether oxygens (including phenoxy) is 1. The number of carbonyl (C=O) groups excluding carboxylic acids is 1. The lowest BCUT2D eigenvalue weighted by Gasteiger charge is -2.41. The molecule has 0 aromatic rings. The highest BCUT2D eigenvalue weighted by atomic mass is 16.5. The quantitative estimate of drug-likeness (QED) is 0.715. The molecule has 0 rings (SSSR count). The predicted molar refractivity (Wildman–Crippen MR) is 68.5 cm³/mol. The highest BCUT2D eigenvalue weighted by Gasteiger charge is 2.44.